The molecule has 0 bridgehead atoms. The zero-order chi connectivity index (χ0) is 22.6. The van der Waals surface area contributed by atoms with Crippen molar-refractivity contribution in [2.45, 2.75) is 116 Å². The van der Waals surface area contributed by atoms with Gasteiger partial charge in [0.05, 0.1) is 12.7 Å². The van der Waals surface area contributed by atoms with Crippen LogP contribution in [-0.2, 0) is 0 Å². The SMILES string of the molecule is CCCCC[C@H]1CC[C@H](C(C#N)C[C@H]2CC[C@H](c3ccc(OCCCC)cc3)CC2)CC1. The summed E-state index contributed by atoms with van der Waals surface area (Å²) in [6, 6.07) is 11.6. The zero-order valence-electron chi connectivity index (χ0n) is 20.9. The quantitative estimate of drug-likeness (QED) is 0.305. The van der Waals surface area contributed by atoms with Gasteiger partial charge < -0.3 is 4.74 Å². The maximum Gasteiger partial charge on any atom is 0.119 e. The number of unbranched alkanes of at least 4 members (excludes halogenated alkanes) is 3. The Bertz CT molecular complexity index is 659. The van der Waals surface area contributed by atoms with Gasteiger partial charge in [0, 0.05) is 5.92 Å². The second-order valence-electron chi connectivity index (χ2n) is 10.7. The maximum atomic E-state index is 9.92. The van der Waals surface area contributed by atoms with E-state index in [1.165, 1.54) is 89.0 Å². The monoisotopic (exact) mass is 437 g/mol. The van der Waals surface area contributed by atoms with E-state index >= 15 is 0 Å². The van der Waals surface area contributed by atoms with E-state index < -0.39 is 0 Å². The summed E-state index contributed by atoms with van der Waals surface area (Å²) < 4.78 is 5.82. The van der Waals surface area contributed by atoms with Gasteiger partial charge in [0.1, 0.15) is 5.75 Å². The third kappa shape index (κ3) is 7.83. The minimum atomic E-state index is 0.299. The van der Waals surface area contributed by atoms with Gasteiger partial charge in [0.15, 0.2) is 0 Å². The van der Waals surface area contributed by atoms with Crippen LogP contribution in [0.3, 0.4) is 0 Å². The van der Waals surface area contributed by atoms with E-state index in [4.69, 9.17) is 4.74 Å². The van der Waals surface area contributed by atoms with Crippen LogP contribution in [0.2, 0.25) is 0 Å². The van der Waals surface area contributed by atoms with Crippen molar-refractivity contribution in [3.05, 3.63) is 29.8 Å². The summed E-state index contributed by atoms with van der Waals surface area (Å²) in [5.41, 5.74) is 1.48. The van der Waals surface area contributed by atoms with E-state index in [2.05, 4.69) is 44.2 Å². The molecule has 178 valence electrons. The summed E-state index contributed by atoms with van der Waals surface area (Å²) in [4.78, 5) is 0. The number of nitriles is 1. The number of ether oxygens (including phenoxy) is 1. The Hall–Kier alpha value is -1.49. The lowest BCUT2D eigenvalue weighted by molar-refractivity contribution is 0.187. The molecule has 1 unspecified atom stereocenters. The molecule has 32 heavy (non-hydrogen) atoms. The van der Waals surface area contributed by atoms with E-state index in [-0.39, 0.29) is 0 Å². The molecule has 0 N–H and O–H groups in total. The molecule has 2 aliphatic carbocycles. The van der Waals surface area contributed by atoms with Gasteiger partial charge in [-0.1, -0.05) is 70.9 Å². The molecule has 2 nitrogen and oxygen atoms in total. The summed E-state index contributed by atoms with van der Waals surface area (Å²) in [6.07, 6.45) is 19.5. The molecule has 2 heteroatoms. The predicted octanol–water partition coefficient (Wildman–Crippen LogP) is 9.06. The summed E-state index contributed by atoms with van der Waals surface area (Å²) >= 11 is 0. The molecule has 0 spiro atoms. The van der Waals surface area contributed by atoms with E-state index in [0.717, 1.165) is 37.0 Å². The highest BCUT2D eigenvalue weighted by Gasteiger charge is 2.31. The van der Waals surface area contributed by atoms with E-state index in [1.54, 1.807) is 0 Å². The van der Waals surface area contributed by atoms with Crippen molar-refractivity contribution < 1.29 is 4.74 Å². The summed E-state index contributed by atoms with van der Waals surface area (Å²) in [5, 5.41) is 9.92. The fourth-order valence-electron chi connectivity index (χ4n) is 6.17. The van der Waals surface area contributed by atoms with Gasteiger partial charge in [-0.05, 0) is 92.7 Å². The smallest absolute Gasteiger partial charge is 0.119 e. The van der Waals surface area contributed by atoms with Crippen LogP contribution in [0.25, 0.3) is 0 Å². The molecular formula is C30H47NO. The first-order valence-electron chi connectivity index (χ1n) is 13.9. The van der Waals surface area contributed by atoms with Crippen molar-refractivity contribution in [2.24, 2.45) is 23.7 Å². The Labute approximate surface area is 198 Å². The highest BCUT2D eigenvalue weighted by Crippen LogP contribution is 2.42. The second kappa shape index (κ2) is 13.9. The van der Waals surface area contributed by atoms with Crippen molar-refractivity contribution in [1.29, 1.82) is 5.26 Å². The molecule has 0 aliphatic heterocycles. The van der Waals surface area contributed by atoms with E-state index in [0.29, 0.717) is 17.8 Å². The molecule has 0 amide bonds. The Balaban J connectivity index is 1.39. The molecule has 1 atom stereocenters. The summed E-state index contributed by atoms with van der Waals surface area (Å²) in [6.45, 7) is 5.31. The lowest BCUT2D eigenvalue weighted by Gasteiger charge is -2.34. The molecule has 3 rings (SSSR count). The largest absolute Gasteiger partial charge is 0.494 e. The minimum Gasteiger partial charge on any atom is -0.494 e. The Kier molecular flexibility index (Phi) is 10.9. The first-order chi connectivity index (χ1) is 15.7. The fraction of sp³-hybridized carbons (Fsp3) is 0.767. The maximum absolute atomic E-state index is 9.92. The molecule has 2 aliphatic rings. The molecule has 2 saturated carbocycles. The molecule has 1 aromatic carbocycles. The first kappa shape index (κ1) is 25.1. The summed E-state index contributed by atoms with van der Waals surface area (Å²) in [5.74, 6) is 4.36. The Morgan fingerprint density at radius 3 is 2.12 bits per heavy atom. The predicted molar refractivity (Wildman–Crippen MR) is 135 cm³/mol. The highest BCUT2D eigenvalue weighted by atomic mass is 16.5. The van der Waals surface area contributed by atoms with Crippen LogP contribution in [0, 0.1) is 35.0 Å². The normalized spacial score (nSPS) is 26.9. The van der Waals surface area contributed by atoms with Gasteiger partial charge >= 0.3 is 0 Å². The van der Waals surface area contributed by atoms with Crippen molar-refractivity contribution >= 4 is 0 Å². The molecule has 1 aromatic rings. The number of hydrogen-bond acceptors (Lipinski definition) is 2. The van der Waals surface area contributed by atoms with Crippen LogP contribution in [0.15, 0.2) is 24.3 Å². The van der Waals surface area contributed by atoms with Gasteiger partial charge in [-0.3, -0.25) is 0 Å². The van der Waals surface area contributed by atoms with Crippen molar-refractivity contribution in [3.8, 4) is 11.8 Å². The third-order valence-electron chi connectivity index (χ3n) is 8.39. The number of hydrogen-bond donors (Lipinski definition) is 0. The van der Waals surface area contributed by atoms with Gasteiger partial charge in [0.25, 0.3) is 0 Å². The Morgan fingerprint density at radius 2 is 1.50 bits per heavy atom. The molecular weight excluding hydrogens is 390 g/mol. The standard InChI is InChI=1S/C30H47NO/c1-3-5-7-8-24-9-13-28(14-10-24)29(23-31)22-25-11-15-26(16-12-25)27-17-19-30(20-18-27)32-21-6-4-2/h17-20,24-26,28-29H,3-16,21-22H2,1-2H3/t24-,25-,26-,28-,29?. The average molecular weight is 438 g/mol. The van der Waals surface area contributed by atoms with Gasteiger partial charge in [-0.2, -0.15) is 5.26 Å². The number of rotatable bonds is 12. The molecule has 0 aromatic heterocycles. The van der Waals surface area contributed by atoms with Gasteiger partial charge in [-0.25, -0.2) is 0 Å². The van der Waals surface area contributed by atoms with Gasteiger partial charge in [0.2, 0.25) is 0 Å². The van der Waals surface area contributed by atoms with Crippen LogP contribution in [0.1, 0.15) is 122 Å². The van der Waals surface area contributed by atoms with Gasteiger partial charge in [-0.15, -0.1) is 0 Å². The van der Waals surface area contributed by atoms with Crippen molar-refractivity contribution in [3.63, 3.8) is 0 Å². The lowest BCUT2D eigenvalue weighted by Crippen LogP contribution is -2.24. The van der Waals surface area contributed by atoms with Crippen molar-refractivity contribution in [2.75, 3.05) is 6.61 Å². The molecule has 0 saturated heterocycles. The van der Waals surface area contributed by atoms with Crippen LogP contribution in [0.5, 0.6) is 5.75 Å². The van der Waals surface area contributed by atoms with Crippen LogP contribution in [-0.4, -0.2) is 6.61 Å². The topological polar surface area (TPSA) is 33.0 Å². The van der Waals surface area contributed by atoms with Crippen LogP contribution in [0.4, 0.5) is 0 Å². The third-order valence-corrected chi connectivity index (χ3v) is 8.39. The molecule has 2 fully saturated rings. The van der Waals surface area contributed by atoms with Crippen LogP contribution < -0.4 is 4.74 Å². The van der Waals surface area contributed by atoms with E-state index in [1.807, 2.05) is 0 Å². The Morgan fingerprint density at radius 1 is 0.844 bits per heavy atom. The second-order valence-corrected chi connectivity index (χ2v) is 10.7. The molecule has 0 heterocycles. The lowest BCUT2D eigenvalue weighted by atomic mass is 9.70. The highest BCUT2D eigenvalue weighted by molar-refractivity contribution is 5.29. The summed E-state index contributed by atoms with van der Waals surface area (Å²) in [7, 11) is 0. The zero-order valence-corrected chi connectivity index (χ0v) is 20.9. The minimum absolute atomic E-state index is 0.299. The fourth-order valence-corrected chi connectivity index (χ4v) is 6.17. The van der Waals surface area contributed by atoms with Crippen LogP contribution >= 0.6 is 0 Å². The molecule has 0 radical (unpaired) electrons. The van der Waals surface area contributed by atoms with E-state index in [9.17, 15) is 5.26 Å². The van der Waals surface area contributed by atoms with Crippen molar-refractivity contribution in [1.82, 2.24) is 0 Å². The number of benzene rings is 1. The average Bonchev–Trinajstić information content (AvgIpc) is 2.84. The first-order valence-corrected chi connectivity index (χ1v) is 13.9. The number of nitrogens with zero attached hydrogens (tertiary/aromatic N) is 1.